The van der Waals surface area contributed by atoms with E-state index in [1.54, 1.807) is 12.3 Å². The zero-order valence-electron chi connectivity index (χ0n) is 10.6. The molecule has 0 aliphatic carbocycles. The first-order chi connectivity index (χ1) is 9.16. The molecule has 19 heavy (non-hydrogen) atoms. The van der Waals surface area contributed by atoms with Crippen molar-refractivity contribution in [3.63, 3.8) is 0 Å². The highest BCUT2D eigenvalue weighted by molar-refractivity contribution is 5.57. The molecule has 0 bridgehead atoms. The van der Waals surface area contributed by atoms with Crippen LogP contribution in [0.25, 0.3) is 5.65 Å². The van der Waals surface area contributed by atoms with E-state index in [1.807, 2.05) is 11.8 Å². The van der Waals surface area contributed by atoms with Gasteiger partial charge in [0.2, 0.25) is 0 Å². The van der Waals surface area contributed by atoms with Crippen LogP contribution in [0.15, 0.2) is 29.2 Å². The highest BCUT2D eigenvalue weighted by atomic mass is 16.5. The van der Waals surface area contributed by atoms with Gasteiger partial charge in [-0.1, -0.05) is 0 Å². The van der Waals surface area contributed by atoms with Crippen LogP contribution in [0.3, 0.4) is 0 Å². The summed E-state index contributed by atoms with van der Waals surface area (Å²) in [5, 5.41) is 9.82. The molecule has 1 atom stereocenters. The normalized spacial score (nSPS) is 19.8. The topological polar surface area (TPSA) is 67.1 Å². The summed E-state index contributed by atoms with van der Waals surface area (Å²) in [7, 11) is 0. The molecule has 6 heteroatoms. The number of aromatic hydroxyl groups is 1. The molecular formula is C13H15N3O3. The summed E-state index contributed by atoms with van der Waals surface area (Å²) in [5.41, 5.74) is 0.0817. The Bertz CT molecular complexity index is 668. The van der Waals surface area contributed by atoms with Crippen LogP contribution in [0.4, 0.5) is 5.82 Å². The van der Waals surface area contributed by atoms with Crippen LogP contribution < -0.4 is 10.5 Å². The third-order valence-corrected chi connectivity index (χ3v) is 3.32. The molecule has 6 nitrogen and oxygen atoms in total. The van der Waals surface area contributed by atoms with E-state index < -0.39 is 0 Å². The Hall–Kier alpha value is -2.08. The Labute approximate surface area is 109 Å². The summed E-state index contributed by atoms with van der Waals surface area (Å²) in [6, 6.07) is 4.79. The summed E-state index contributed by atoms with van der Waals surface area (Å²) in [6.45, 7) is 3.94. The van der Waals surface area contributed by atoms with Crippen molar-refractivity contribution >= 4 is 11.5 Å². The number of ether oxygens (including phenoxy) is 1. The van der Waals surface area contributed by atoms with Gasteiger partial charge in [0.25, 0.3) is 5.56 Å². The number of morpholine rings is 1. The minimum atomic E-state index is -0.199. The molecule has 2 aromatic rings. The second-order valence-corrected chi connectivity index (χ2v) is 4.66. The van der Waals surface area contributed by atoms with Crippen molar-refractivity contribution in [2.45, 2.75) is 13.0 Å². The average molecular weight is 261 g/mol. The lowest BCUT2D eigenvalue weighted by molar-refractivity contribution is 0.0985. The number of fused-ring (bicyclic) bond motifs is 1. The molecular weight excluding hydrogens is 246 g/mol. The van der Waals surface area contributed by atoms with Gasteiger partial charge >= 0.3 is 0 Å². The number of hydrogen-bond donors (Lipinski definition) is 1. The molecule has 1 fully saturated rings. The lowest BCUT2D eigenvalue weighted by Gasteiger charge is -2.34. The summed E-state index contributed by atoms with van der Waals surface area (Å²) in [4.78, 5) is 18.5. The quantitative estimate of drug-likeness (QED) is 0.815. The molecule has 0 spiro atoms. The highest BCUT2D eigenvalue weighted by Crippen LogP contribution is 2.20. The molecule has 1 aliphatic heterocycles. The number of anilines is 1. The molecule has 0 unspecified atom stereocenters. The maximum absolute atomic E-state index is 12.1. The van der Waals surface area contributed by atoms with Gasteiger partial charge in [-0.2, -0.15) is 0 Å². The molecule has 0 aromatic carbocycles. The number of aromatic nitrogens is 2. The van der Waals surface area contributed by atoms with Crippen molar-refractivity contribution in [1.82, 2.24) is 9.38 Å². The van der Waals surface area contributed by atoms with E-state index >= 15 is 0 Å². The zero-order valence-corrected chi connectivity index (χ0v) is 10.6. The molecule has 2 aromatic heterocycles. The second-order valence-electron chi connectivity index (χ2n) is 4.66. The zero-order chi connectivity index (χ0) is 13.4. The van der Waals surface area contributed by atoms with Crippen LogP contribution in [0.1, 0.15) is 6.92 Å². The SMILES string of the molecule is C[C@H]1COCCN1c1cc(=O)n2cccc(O)c2n1. The first-order valence-corrected chi connectivity index (χ1v) is 6.22. The third kappa shape index (κ3) is 2.04. The Balaban J connectivity index is 2.15. The predicted molar refractivity (Wildman–Crippen MR) is 70.8 cm³/mol. The molecule has 1 aliphatic rings. The van der Waals surface area contributed by atoms with E-state index in [9.17, 15) is 9.90 Å². The first kappa shape index (κ1) is 12.0. The minimum absolute atomic E-state index is 0.00219. The number of nitrogens with zero attached hydrogens (tertiary/aromatic N) is 3. The molecule has 1 saturated heterocycles. The van der Waals surface area contributed by atoms with E-state index in [4.69, 9.17) is 4.74 Å². The lowest BCUT2D eigenvalue weighted by Crippen LogP contribution is -2.44. The van der Waals surface area contributed by atoms with Crippen molar-refractivity contribution in [2.75, 3.05) is 24.7 Å². The smallest absolute Gasteiger partial charge is 0.260 e. The molecule has 0 saturated carbocycles. The van der Waals surface area contributed by atoms with Crippen LogP contribution in [-0.4, -0.2) is 40.3 Å². The van der Waals surface area contributed by atoms with Crippen molar-refractivity contribution in [3.8, 4) is 5.75 Å². The number of rotatable bonds is 1. The van der Waals surface area contributed by atoms with E-state index in [0.717, 1.165) is 0 Å². The van der Waals surface area contributed by atoms with Crippen molar-refractivity contribution in [3.05, 3.63) is 34.7 Å². The summed E-state index contributed by atoms with van der Waals surface area (Å²) in [6.07, 6.45) is 1.59. The van der Waals surface area contributed by atoms with E-state index in [2.05, 4.69) is 4.98 Å². The van der Waals surface area contributed by atoms with Crippen molar-refractivity contribution < 1.29 is 9.84 Å². The molecule has 100 valence electrons. The van der Waals surface area contributed by atoms with Crippen molar-refractivity contribution in [1.29, 1.82) is 0 Å². The van der Waals surface area contributed by atoms with Gasteiger partial charge in [-0.05, 0) is 19.1 Å². The van der Waals surface area contributed by atoms with Gasteiger partial charge in [0.1, 0.15) is 5.82 Å². The highest BCUT2D eigenvalue weighted by Gasteiger charge is 2.21. The molecule has 1 N–H and O–H groups in total. The van der Waals surface area contributed by atoms with Crippen LogP contribution in [0.5, 0.6) is 5.75 Å². The molecule has 3 rings (SSSR count). The number of hydrogen-bond acceptors (Lipinski definition) is 5. The third-order valence-electron chi connectivity index (χ3n) is 3.32. The van der Waals surface area contributed by atoms with Crippen molar-refractivity contribution in [2.24, 2.45) is 0 Å². The maximum atomic E-state index is 12.1. The first-order valence-electron chi connectivity index (χ1n) is 6.22. The second kappa shape index (κ2) is 4.55. The number of pyridine rings is 1. The largest absolute Gasteiger partial charge is 0.504 e. The van der Waals surface area contributed by atoms with Gasteiger partial charge in [0.15, 0.2) is 11.4 Å². The van der Waals surface area contributed by atoms with Gasteiger partial charge in [0, 0.05) is 18.8 Å². The summed E-state index contributed by atoms with van der Waals surface area (Å²) < 4.78 is 6.71. The average Bonchev–Trinajstić information content (AvgIpc) is 2.40. The van der Waals surface area contributed by atoms with Gasteiger partial charge < -0.3 is 14.7 Å². The minimum Gasteiger partial charge on any atom is -0.504 e. The van der Waals surface area contributed by atoms with Gasteiger partial charge in [-0.25, -0.2) is 4.98 Å². The lowest BCUT2D eigenvalue weighted by atomic mass is 10.2. The van der Waals surface area contributed by atoms with Crippen LogP contribution >= 0.6 is 0 Å². The molecule has 0 amide bonds. The van der Waals surface area contributed by atoms with Crippen LogP contribution in [0, 0.1) is 0 Å². The fraction of sp³-hybridized carbons (Fsp3) is 0.385. The standard InChI is InChI=1S/C13H15N3O3/c1-9-8-19-6-5-15(9)11-7-12(18)16-4-2-3-10(17)13(16)14-11/h2-4,7,9,17H,5-6,8H2,1H3/t9-/m0/s1. The fourth-order valence-corrected chi connectivity index (χ4v) is 2.31. The van der Waals surface area contributed by atoms with Gasteiger partial charge in [-0.15, -0.1) is 0 Å². The Morgan fingerprint density at radius 2 is 2.37 bits per heavy atom. The Morgan fingerprint density at radius 1 is 1.53 bits per heavy atom. The maximum Gasteiger partial charge on any atom is 0.260 e. The monoisotopic (exact) mass is 261 g/mol. The van der Waals surface area contributed by atoms with Gasteiger partial charge in [0.05, 0.1) is 19.3 Å². The Kier molecular flexibility index (Phi) is 2.87. The summed E-state index contributed by atoms with van der Waals surface area (Å²) >= 11 is 0. The van der Waals surface area contributed by atoms with E-state index in [-0.39, 0.29) is 23.0 Å². The van der Waals surface area contributed by atoms with E-state index in [0.29, 0.717) is 25.6 Å². The van der Waals surface area contributed by atoms with Gasteiger partial charge in [-0.3, -0.25) is 9.20 Å². The molecule has 3 heterocycles. The van der Waals surface area contributed by atoms with Crippen LogP contribution in [-0.2, 0) is 4.74 Å². The van der Waals surface area contributed by atoms with Crippen LogP contribution in [0.2, 0.25) is 0 Å². The summed E-state index contributed by atoms with van der Waals surface area (Å²) in [5.74, 6) is 0.588. The molecule has 0 radical (unpaired) electrons. The van der Waals surface area contributed by atoms with E-state index in [1.165, 1.54) is 16.5 Å². The fourth-order valence-electron chi connectivity index (χ4n) is 2.31. The Morgan fingerprint density at radius 3 is 3.16 bits per heavy atom. The predicted octanol–water partition coefficient (Wildman–Crippen LogP) is 0.625.